The van der Waals surface area contributed by atoms with Gasteiger partial charge in [-0.25, -0.2) is 9.59 Å². The molecule has 28 heavy (non-hydrogen) atoms. The van der Waals surface area contributed by atoms with Gasteiger partial charge in [0.25, 0.3) is 0 Å². The third-order valence-electron chi connectivity index (χ3n) is 3.68. The average Bonchev–Trinajstić information content (AvgIpc) is 2.57. The van der Waals surface area contributed by atoms with Gasteiger partial charge in [-0.15, -0.1) is 0 Å². The number of aliphatic carboxylic acids is 2. The van der Waals surface area contributed by atoms with Gasteiger partial charge in [0.05, 0.1) is 22.3 Å². The van der Waals surface area contributed by atoms with E-state index in [-0.39, 0.29) is 11.1 Å². The molecule has 4 nitrogen and oxygen atoms in total. The summed E-state index contributed by atoms with van der Waals surface area (Å²) in [5.74, 6) is -3.53. The lowest BCUT2D eigenvalue weighted by molar-refractivity contribution is -0.138. The highest BCUT2D eigenvalue weighted by molar-refractivity contribution is 6.36. The zero-order valence-corrected chi connectivity index (χ0v) is 13.6. The van der Waals surface area contributed by atoms with Crippen molar-refractivity contribution in [3.8, 4) is 0 Å². The van der Waals surface area contributed by atoms with Crippen molar-refractivity contribution in [2.45, 2.75) is 12.4 Å². The third kappa shape index (κ3) is 4.51. The Bertz CT molecular complexity index is 845. The molecule has 2 N–H and O–H groups in total. The molecular formula is C18H10F6O4. The zero-order valence-electron chi connectivity index (χ0n) is 13.6. The molecule has 2 aromatic rings. The van der Waals surface area contributed by atoms with Crippen LogP contribution in [0.5, 0.6) is 0 Å². The first-order chi connectivity index (χ1) is 12.8. The van der Waals surface area contributed by atoms with Gasteiger partial charge in [-0.1, -0.05) is 24.3 Å². The third-order valence-corrected chi connectivity index (χ3v) is 3.68. The lowest BCUT2D eigenvalue weighted by Gasteiger charge is -2.12. The molecule has 0 fully saturated rings. The summed E-state index contributed by atoms with van der Waals surface area (Å²) < 4.78 is 75.9. The van der Waals surface area contributed by atoms with Gasteiger partial charge in [-0.05, 0) is 35.4 Å². The molecule has 0 heterocycles. The van der Waals surface area contributed by atoms with E-state index in [1.807, 2.05) is 0 Å². The highest BCUT2D eigenvalue weighted by Crippen LogP contribution is 2.34. The first-order valence-corrected chi connectivity index (χ1v) is 7.38. The van der Waals surface area contributed by atoms with Crippen LogP contribution < -0.4 is 0 Å². The van der Waals surface area contributed by atoms with Crippen molar-refractivity contribution in [3.63, 3.8) is 0 Å². The average molecular weight is 404 g/mol. The Morgan fingerprint density at radius 1 is 0.571 bits per heavy atom. The van der Waals surface area contributed by atoms with E-state index in [9.17, 15) is 46.1 Å². The number of carboxylic acid groups (broad SMARTS) is 2. The van der Waals surface area contributed by atoms with Crippen molar-refractivity contribution in [3.05, 3.63) is 70.8 Å². The van der Waals surface area contributed by atoms with Crippen LogP contribution in [0.2, 0.25) is 0 Å². The summed E-state index contributed by atoms with van der Waals surface area (Å²) in [5.41, 5.74) is -4.57. The van der Waals surface area contributed by atoms with Crippen LogP contribution in [0.3, 0.4) is 0 Å². The predicted octanol–water partition coefficient (Wildman–Crippen LogP) is 4.80. The maximum absolute atomic E-state index is 12.7. The van der Waals surface area contributed by atoms with Gasteiger partial charge in [-0.2, -0.15) is 26.3 Å². The molecule has 0 saturated heterocycles. The minimum absolute atomic E-state index is 0.349. The summed E-state index contributed by atoms with van der Waals surface area (Å²) in [6, 6.07) is 5.40. The monoisotopic (exact) mass is 404 g/mol. The lowest BCUT2D eigenvalue weighted by atomic mass is 9.93. The number of rotatable bonds is 4. The van der Waals surface area contributed by atoms with E-state index in [0.29, 0.717) is 24.3 Å². The minimum Gasteiger partial charge on any atom is -0.478 e. The fraction of sp³-hybridized carbons (Fsp3) is 0.111. The van der Waals surface area contributed by atoms with E-state index in [1.165, 1.54) is 0 Å². The zero-order chi connectivity index (χ0) is 21.3. The largest absolute Gasteiger partial charge is 0.478 e. The number of halogens is 6. The molecular weight excluding hydrogens is 394 g/mol. The fourth-order valence-electron chi connectivity index (χ4n) is 2.40. The molecule has 148 valence electrons. The second kappa shape index (κ2) is 7.37. The van der Waals surface area contributed by atoms with Gasteiger partial charge in [-0.3, -0.25) is 0 Å². The Kier molecular flexibility index (Phi) is 5.53. The maximum Gasteiger partial charge on any atom is 0.416 e. The molecule has 0 amide bonds. The Morgan fingerprint density at radius 3 is 1.00 bits per heavy atom. The maximum atomic E-state index is 12.7. The van der Waals surface area contributed by atoms with E-state index in [0.717, 1.165) is 24.3 Å². The van der Waals surface area contributed by atoms with E-state index in [4.69, 9.17) is 0 Å². The smallest absolute Gasteiger partial charge is 0.416 e. The molecule has 0 saturated carbocycles. The summed E-state index contributed by atoms with van der Waals surface area (Å²) in [5, 5.41) is 18.8. The molecule has 0 aliphatic carbocycles. The molecule has 0 aliphatic heterocycles. The van der Waals surface area contributed by atoms with Crippen LogP contribution in [0.1, 0.15) is 22.3 Å². The number of hydrogen-bond donors (Lipinski definition) is 2. The SMILES string of the molecule is O=C(O)/C(=C(/C(=O)O)c1ccc(C(F)(F)F)cc1)c1ccc(C(F)(F)F)cc1. The van der Waals surface area contributed by atoms with Crippen LogP contribution in [0.25, 0.3) is 11.1 Å². The number of benzene rings is 2. The number of carboxylic acids is 2. The van der Waals surface area contributed by atoms with Crippen molar-refractivity contribution in [1.82, 2.24) is 0 Å². The second-order valence-electron chi connectivity index (χ2n) is 5.51. The lowest BCUT2D eigenvalue weighted by Crippen LogP contribution is -2.11. The molecule has 0 spiro atoms. The quantitative estimate of drug-likeness (QED) is 0.436. The number of carbonyl (C=O) groups is 2. The Labute approximate surface area is 153 Å². The van der Waals surface area contributed by atoms with Crippen LogP contribution in [0, 0.1) is 0 Å². The first kappa shape index (κ1) is 21.0. The number of hydrogen-bond acceptors (Lipinski definition) is 2. The van der Waals surface area contributed by atoms with Gasteiger partial charge in [0.1, 0.15) is 0 Å². The fourth-order valence-corrected chi connectivity index (χ4v) is 2.40. The molecule has 0 unspecified atom stereocenters. The Hall–Kier alpha value is -3.30. The molecule has 0 atom stereocenters. The van der Waals surface area contributed by atoms with Crippen molar-refractivity contribution >= 4 is 23.1 Å². The van der Waals surface area contributed by atoms with Crippen molar-refractivity contribution in [2.75, 3.05) is 0 Å². The van der Waals surface area contributed by atoms with Gasteiger partial charge in [0.15, 0.2) is 0 Å². The van der Waals surface area contributed by atoms with Gasteiger partial charge in [0, 0.05) is 0 Å². The molecule has 0 aliphatic rings. The normalized spacial score (nSPS) is 13.1. The van der Waals surface area contributed by atoms with E-state index in [1.54, 1.807) is 0 Å². The first-order valence-electron chi connectivity index (χ1n) is 7.38. The van der Waals surface area contributed by atoms with Crippen LogP contribution >= 0.6 is 0 Å². The Balaban J connectivity index is 2.65. The van der Waals surface area contributed by atoms with Crippen LogP contribution in [-0.2, 0) is 21.9 Å². The van der Waals surface area contributed by atoms with E-state index >= 15 is 0 Å². The van der Waals surface area contributed by atoms with Crippen molar-refractivity contribution < 1.29 is 46.1 Å². The molecule has 2 aromatic carbocycles. The molecule has 0 aromatic heterocycles. The summed E-state index contributed by atoms with van der Waals surface area (Å²) in [6.07, 6.45) is -9.37. The highest BCUT2D eigenvalue weighted by Gasteiger charge is 2.32. The number of alkyl halides is 6. The highest BCUT2D eigenvalue weighted by atomic mass is 19.4. The predicted molar refractivity (Wildman–Crippen MR) is 85.0 cm³/mol. The molecule has 2 rings (SSSR count). The summed E-state index contributed by atoms with van der Waals surface area (Å²) in [4.78, 5) is 23.2. The van der Waals surface area contributed by atoms with Crippen molar-refractivity contribution in [2.24, 2.45) is 0 Å². The van der Waals surface area contributed by atoms with Crippen LogP contribution in [0.4, 0.5) is 26.3 Å². The van der Waals surface area contributed by atoms with Crippen LogP contribution in [-0.4, -0.2) is 22.2 Å². The summed E-state index contributed by atoms with van der Waals surface area (Å²) in [6.45, 7) is 0. The van der Waals surface area contributed by atoms with E-state index < -0.39 is 46.6 Å². The van der Waals surface area contributed by atoms with Gasteiger partial charge >= 0.3 is 24.3 Å². The van der Waals surface area contributed by atoms with Gasteiger partial charge in [0.2, 0.25) is 0 Å². The summed E-state index contributed by atoms with van der Waals surface area (Å²) in [7, 11) is 0. The molecule has 10 heteroatoms. The van der Waals surface area contributed by atoms with Gasteiger partial charge < -0.3 is 10.2 Å². The standard InChI is InChI=1S/C18H10F6O4/c19-17(20,21)11-5-1-9(2-6-11)13(15(25)26)14(16(27)28)10-3-7-12(8-4-10)18(22,23)24/h1-8H,(H,25,26)(H,27,28)/b14-13+. The second-order valence-corrected chi connectivity index (χ2v) is 5.51. The minimum atomic E-state index is -4.69. The molecule has 0 radical (unpaired) electrons. The van der Waals surface area contributed by atoms with Crippen LogP contribution in [0.15, 0.2) is 48.5 Å². The van der Waals surface area contributed by atoms with E-state index in [2.05, 4.69) is 0 Å². The summed E-state index contributed by atoms with van der Waals surface area (Å²) >= 11 is 0. The topological polar surface area (TPSA) is 74.6 Å². The Morgan fingerprint density at radius 2 is 0.821 bits per heavy atom. The van der Waals surface area contributed by atoms with Crippen molar-refractivity contribution in [1.29, 1.82) is 0 Å². The molecule has 0 bridgehead atoms.